The molecule has 9 nitrogen and oxygen atoms in total. The largest absolute Gasteiger partial charge is 0.491 e. The summed E-state index contributed by atoms with van der Waals surface area (Å²) in [5.74, 6) is 2.16. The Morgan fingerprint density at radius 3 is 2.63 bits per heavy atom. The molecule has 1 aliphatic rings. The monoisotopic (exact) mass is 483 g/mol. The average molecular weight is 484 g/mol. The van der Waals surface area contributed by atoms with E-state index in [0.717, 1.165) is 47.4 Å². The van der Waals surface area contributed by atoms with Crippen LogP contribution in [0.3, 0.4) is 0 Å². The first-order valence-electron chi connectivity index (χ1n) is 12.4. The summed E-state index contributed by atoms with van der Waals surface area (Å²) >= 11 is 0. The first-order chi connectivity index (χ1) is 16.6. The van der Waals surface area contributed by atoms with Crippen molar-refractivity contribution in [2.24, 2.45) is 20.0 Å². The number of piperidine rings is 1. The molecule has 1 aliphatic heterocycles. The Labute approximate surface area is 205 Å². The van der Waals surface area contributed by atoms with Crippen molar-refractivity contribution in [2.75, 3.05) is 24.6 Å². The van der Waals surface area contributed by atoms with E-state index in [1.807, 2.05) is 13.0 Å². The quantitative estimate of drug-likeness (QED) is 0.555. The first-order valence-corrected chi connectivity index (χ1v) is 12.4. The third kappa shape index (κ3) is 4.87. The summed E-state index contributed by atoms with van der Waals surface area (Å²) in [5, 5.41) is 11.0. The van der Waals surface area contributed by atoms with Crippen LogP contribution in [0.2, 0.25) is 0 Å². The second-order valence-electron chi connectivity index (χ2n) is 10.3. The molecule has 1 fully saturated rings. The van der Waals surface area contributed by atoms with Crippen molar-refractivity contribution in [3.05, 3.63) is 50.2 Å². The fraction of sp³-hybridized carbons (Fsp3) is 0.577. The molecule has 9 heteroatoms. The lowest BCUT2D eigenvalue weighted by atomic mass is 10.0. The second-order valence-corrected chi connectivity index (χ2v) is 10.3. The van der Waals surface area contributed by atoms with E-state index in [4.69, 9.17) is 9.72 Å². The molecule has 0 bridgehead atoms. The van der Waals surface area contributed by atoms with Crippen molar-refractivity contribution in [1.29, 1.82) is 0 Å². The van der Waals surface area contributed by atoms with Crippen LogP contribution >= 0.6 is 0 Å². The fourth-order valence-electron chi connectivity index (χ4n) is 4.91. The number of imidazole rings is 1. The van der Waals surface area contributed by atoms with Crippen molar-refractivity contribution in [3.63, 3.8) is 0 Å². The van der Waals surface area contributed by atoms with Gasteiger partial charge in [0.05, 0.1) is 6.54 Å². The van der Waals surface area contributed by atoms with E-state index in [0.29, 0.717) is 23.0 Å². The highest BCUT2D eigenvalue weighted by molar-refractivity contribution is 5.74. The van der Waals surface area contributed by atoms with Crippen LogP contribution in [0.5, 0.6) is 5.75 Å². The first kappa shape index (κ1) is 25.0. The third-order valence-electron chi connectivity index (χ3n) is 6.88. The molecule has 0 radical (unpaired) electrons. The maximum Gasteiger partial charge on any atom is 0.332 e. The number of aliphatic hydroxyl groups excluding tert-OH is 1. The predicted molar refractivity (Wildman–Crippen MR) is 138 cm³/mol. The zero-order valence-electron chi connectivity index (χ0n) is 21.6. The van der Waals surface area contributed by atoms with Gasteiger partial charge in [-0.1, -0.05) is 32.9 Å². The minimum Gasteiger partial charge on any atom is -0.491 e. The lowest BCUT2D eigenvalue weighted by Crippen LogP contribution is -2.39. The lowest BCUT2D eigenvalue weighted by Gasteiger charge is -2.32. The number of rotatable bonds is 7. The fourth-order valence-corrected chi connectivity index (χ4v) is 4.91. The minimum atomic E-state index is -0.879. The van der Waals surface area contributed by atoms with Crippen LogP contribution in [0.15, 0.2) is 27.8 Å². The molecule has 0 amide bonds. The number of anilines is 1. The van der Waals surface area contributed by atoms with Gasteiger partial charge < -0.3 is 19.3 Å². The zero-order valence-corrected chi connectivity index (χ0v) is 21.6. The standard InChI is InChI=1S/C26H37N5O4/c1-16(2)20-10-9-17(3)12-21(20)35-15-19(32)14-31-22-23(28(5)26(34)29(6)24(22)33)27-25(31)30-11-7-8-18(4)13-30/h9-10,12,16,18-19,32H,7-8,11,13-15H2,1-6H3/t18-,19-/m0/s1. The van der Waals surface area contributed by atoms with Gasteiger partial charge in [-0.2, -0.15) is 4.98 Å². The van der Waals surface area contributed by atoms with Crippen molar-refractivity contribution in [1.82, 2.24) is 18.7 Å². The van der Waals surface area contributed by atoms with E-state index >= 15 is 0 Å². The topological polar surface area (TPSA) is 94.5 Å². The number of aliphatic hydroxyl groups is 1. The van der Waals surface area contributed by atoms with Gasteiger partial charge in [0.25, 0.3) is 5.56 Å². The summed E-state index contributed by atoms with van der Waals surface area (Å²) in [4.78, 5) is 32.6. The molecular formula is C26H37N5O4. The van der Waals surface area contributed by atoms with Crippen LogP contribution in [0.4, 0.5) is 5.95 Å². The lowest BCUT2D eigenvalue weighted by molar-refractivity contribution is 0.0929. The van der Waals surface area contributed by atoms with Crippen LogP contribution in [-0.2, 0) is 20.6 Å². The van der Waals surface area contributed by atoms with E-state index in [1.165, 1.54) is 11.6 Å². The highest BCUT2D eigenvalue weighted by atomic mass is 16.5. The molecule has 190 valence electrons. The number of aryl methyl sites for hydroxylation is 2. The number of nitrogens with zero attached hydrogens (tertiary/aromatic N) is 5. The molecule has 1 N–H and O–H groups in total. The van der Waals surface area contributed by atoms with E-state index in [2.05, 4.69) is 37.8 Å². The van der Waals surface area contributed by atoms with Gasteiger partial charge in [0.15, 0.2) is 11.2 Å². The van der Waals surface area contributed by atoms with E-state index in [-0.39, 0.29) is 19.1 Å². The zero-order chi connectivity index (χ0) is 25.4. The third-order valence-corrected chi connectivity index (χ3v) is 6.88. The maximum absolute atomic E-state index is 13.2. The van der Waals surface area contributed by atoms with Gasteiger partial charge >= 0.3 is 5.69 Å². The summed E-state index contributed by atoms with van der Waals surface area (Å²) in [6.07, 6.45) is 1.29. The number of hydrogen-bond acceptors (Lipinski definition) is 6. The van der Waals surface area contributed by atoms with Crippen LogP contribution in [0.1, 0.15) is 50.7 Å². The Hall–Kier alpha value is -3.07. The molecule has 0 saturated carbocycles. The van der Waals surface area contributed by atoms with Crippen LogP contribution in [0, 0.1) is 12.8 Å². The van der Waals surface area contributed by atoms with Gasteiger partial charge in [-0.15, -0.1) is 0 Å². The van der Waals surface area contributed by atoms with Crippen molar-refractivity contribution >= 4 is 17.1 Å². The molecule has 3 aromatic rings. The van der Waals surface area contributed by atoms with Crippen LogP contribution < -0.4 is 20.9 Å². The predicted octanol–water partition coefficient (Wildman–Crippen LogP) is 2.54. The van der Waals surface area contributed by atoms with Crippen LogP contribution in [-0.4, -0.2) is 49.6 Å². The van der Waals surface area contributed by atoms with Gasteiger partial charge in [-0.3, -0.25) is 13.9 Å². The summed E-state index contributed by atoms with van der Waals surface area (Å²) in [6, 6.07) is 6.11. The molecule has 2 aromatic heterocycles. The summed E-state index contributed by atoms with van der Waals surface area (Å²) in [5.41, 5.74) is 1.99. The average Bonchev–Trinajstić information content (AvgIpc) is 3.19. The number of hydrogen-bond donors (Lipinski definition) is 1. The Morgan fingerprint density at radius 2 is 1.94 bits per heavy atom. The molecule has 35 heavy (non-hydrogen) atoms. The van der Waals surface area contributed by atoms with Gasteiger partial charge in [0.1, 0.15) is 18.5 Å². The molecular weight excluding hydrogens is 446 g/mol. The number of aromatic nitrogens is 4. The highest BCUT2D eigenvalue weighted by Gasteiger charge is 2.27. The number of benzene rings is 1. The molecule has 1 saturated heterocycles. The maximum atomic E-state index is 13.2. The second kappa shape index (κ2) is 9.89. The Morgan fingerprint density at radius 1 is 1.20 bits per heavy atom. The molecule has 0 spiro atoms. The molecule has 0 unspecified atom stereocenters. The van der Waals surface area contributed by atoms with E-state index in [9.17, 15) is 14.7 Å². The van der Waals surface area contributed by atoms with Crippen molar-refractivity contribution in [2.45, 2.75) is 59.1 Å². The Bertz CT molecular complexity index is 1340. The molecule has 4 rings (SSSR count). The SMILES string of the molecule is Cc1ccc(C(C)C)c(OC[C@@H](O)Cn2c(N3CCC[C@H](C)C3)nc3c2c(=O)n(C)c(=O)n3C)c1. The minimum absolute atomic E-state index is 0.0742. The highest BCUT2D eigenvalue weighted by Crippen LogP contribution is 2.28. The van der Waals surface area contributed by atoms with Gasteiger partial charge in [0, 0.05) is 27.2 Å². The summed E-state index contributed by atoms with van der Waals surface area (Å²) < 4.78 is 10.3. The van der Waals surface area contributed by atoms with Crippen molar-refractivity contribution in [3.8, 4) is 5.75 Å². The molecule has 1 aromatic carbocycles. The van der Waals surface area contributed by atoms with Crippen molar-refractivity contribution < 1.29 is 9.84 Å². The normalized spacial score (nSPS) is 17.4. The molecule has 2 atom stereocenters. The summed E-state index contributed by atoms with van der Waals surface area (Å²) in [6.45, 7) is 10.3. The van der Waals surface area contributed by atoms with E-state index < -0.39 is 17.4 Å². The molecule has 3 heterocycles. The number of fused-ring (bicyclic) bond motifs is 1. The van der Waals surface area contributed by atoms with E-state index in [1.54, 1.807) is 11.6 Å². The van der Waals surface area contributed by atoms with Gasteiger partial charge in [0.2, 0.25) is 5.95 Å². The Kier molecular flexibility index (Phi) is 7.07. The van der Waals surface area contributed by atoms with Gasteiger partial charge in [-0.05, 0) is 48.8 Å². The van der Waals surface area contributed by atoms with Crippen LogP contribution in [0.25, 0.3) is 11.2 Å². The smallest absolute Gasteiger partial charge is 0.332 e. The number of ether oxygens (including phenoxy) is 1. The Balaban J connectivity index is 1.70. The summed E-state index contributed by atoms with van der Waals surface area (Å²) in [7, 11) is 3.09. The molecule has 0 aliphatic carbocycles. The van der Waals surface area contributed by atoms with Gasteiger partial charge in [-0.25, -0.2) is 4.79 Å².